The molecule has 16 heteroatoms. The van der Waals surface area contributed by atoms with Gasteiger partial charge in [0.1, 0.15) is 33.6 Å². The van der Waals surface area contributed by atoms with Crippen molar-refractivity contribution in [2.45, 2.75) is 273 Å². The predicted molar refractivity (Wildman–Crippen MR) is 277 cm³/mol. The molecular weight excluding hydrogens is 989 g/mol. The van der Waals surface area contributed by atoms with E-state index >= 15 is 0 Å². The third kappa shape index (κ3) is 9.40. The summed E-state index contributed by atoms with van der Waals surface area (Å²) in [6.07, 6.45) is 13.3. The van der Waals surface area contributed by atoms with Gasteiger partial charge in [0, 0.05) is 38.5 Å². The van der Waals surface area contributed by atoms with Gasteiger partial charge in [0.2, 0.25) is 0 Å². The van der Waals surface area contributed by atoms with E-state index in [0.29, 0.717) is 54.8 Å². The molecule has 434 valence electrons. The molecule has 15 fully saturated rings. The molecule has 6 unspecified atom stereocenters. The lowest BCUT2D eigenvalue weighted by Crippen LogP contribution is -2.69. The normalized spacial score (nSPS) is 51.8. The molecule has 6 saturated carbocycles. The Bertz CT molecular complexity index is 1980. The molecule has 9 aliphatic heterocycles. The minimum absolute atomic E-state index is 0.0529. The minimum Gasteiger partial charge on any atom is -0.465 e. The van der Waals surface area contributed by atoms with Crippen molar-refractivity contribution in [1.82, 2.24) is 0 Å². The molecule has 9 saturated heterocycles. The van der Waals surface area contributed by atoms with Gasteiger partial charge in [0.25, 0.3) is 0 Å². The van der Waals surface area contributed by atoms with Crippen molar-refractivity contribution in [3.05, 3.63) is 0 Å². The van der Waals surface area contributed by atoms with Gasteiger partial charge in [-0.15, -0.1) is 0 Å². The van der Waals surface area contributed by atoms with Crippen LogP contribution in [0.3, 0.4) is 0 Å². The maximum absolute atomic E-state index is 13.9. The number of carbonyl (C=O) groups is 3. The van der Waals surface area contributed by atoms with E-state index in [2.05, 4.69) is 62.3 Å². The molecule has 6 aliphatic carbocycles. The molecule has 0 aromatic heterocycles. The van der Waals surface area contributed by atoms with Crippen molar-refractivity contribution in [3.8, 4) is 0 Å². The van der Waals surface area contributed by atoms with Crippen LogP contribution in [0.5, 0.6) is 0 Å². The molecule has 3 spiro atoms. The number of fused-ring (bicyclic) bond motifs is 6. The highest BCUT2D eigenvalue weighted by atomic mass is 17.2. The lowest BCUT2D eigenvalue weighted by molar-refractivity contribution is -0.487. The lowest BCUT2D eigenvalue weighted by Gasteiger charge is -2.61. The van der Waals surface area contributed by atoms with E-state index in [9.17, 15) is 19.5 Å². The molecule has 9 heterocycles. The monoisotopic (exact) mass is 1080 g/mol. The second-order valence-electron chi connectivity index (χ2n) is 28.8. The van der Waals surface area contributed by atoms with E-state index < -0.39 is 76.4 Å². The van der Waals surface area contributed by atoms with Gasteiger partial charge in [-0.25, -0.2) is 29.3 Å². The first-order chi connectivity index (χ1) is 36.6. The molecule has 16 nitrogen and oxygen atoms in total. The molecule has 0 aromatic rings. The molecule has 15 rings (SSSR count). The molecule has 0 amide bonds. The number of aliphatic hydroxyl groups is 1. The second kappa shape index (κ2) is 20.4. The van der Waals surface area contributed by atoms with Crippen molar-refractivity contribution in [1.29, 1.82) is 0 Å². The summed E-state index contributed by atoms with van der Waals surface area (Å²) in [5.41, 5.74) is -4.83. The topological polar surface area (TPSA) is 182 Å². The Labute approximate surface area is 457 Å². The zero-order valence-electron chi connectivity index (χ0n) is 47.9. The fourth-order valence-corrected chi connectivity index (χ4v) is 19.6. The van der Waals surface area contributed by atoms with Crippen LogP contribution >= 0.6 is 0 Å². The fraction of sp³-hybridized carbons (Fsp3) is 0.951. The van der Waals surface area contributed by atoms with Crippen molar-refractivity contribution in [2.24, 2.45) is 71.0 Å². The predicted octanol–water partition coefficient (Wildman–Crippen LogP) is 9.81. The molecular formula is C61H94O16. The molecule has 0 radical (unpaired) electrons. The Morgan fingerprint density at radius 2 is 0.714 bits per heavy atom. The first kappa shape index (κ1) is 55.5. The fourth-order valence-electron chi connectivity index (χ4n) is 19.6. The van der Waals surface area contributed by atoms with E-state index in [1.165, 1.54) is 0 Å². The third-order valence-electron chi connectivity index (χ3n) is 23.9. The van der Waals surface area contributed by atoms with Gasteiger partial charge in [-0.3, -0.25) is 14.4 Å². The zero-order valence-corrected chi connectivity index (χ0v) is 47.9. The van der Waals surface area contributed by atoms with Crippen LogP contribution in [0.4, 0.5) is 0 Å². The van der Waals surface area contributed by atoms with Crippen LogP contribution in [0.2, 0.25) is 0 Å². The van der Waals surface area contributed by atoms with Gasteiger partial charge >= 0.3 is 17.9 Å². The second-order valence-corrected chi connectivity index (χ2v) is 28.8. The van der Waals surface area contributed by atoms with Crippen LogP contribution in [0.1, 0.15) is 197 Å². The third-order valence-corrected chi connectivity index (χ3v) is 23.9. The Balaban J connectivity index is 0.688. The molecule has 0 aromatic carbocycles. The zero-order chi connectivity index (χ0) is 54.1. The average molecular weight is 1080 g/mol. The Hall–Kier alpha value is -1.99. The summed E-state index contributed by atoms with van der Waals surface area (Å²) in [6, 6.07) is 0. The summed E-state index contributed by atoms with van der Waals surface area (Å²) < 4.78 is 38.5. The summed E-state index contributed by atoms with van der Waals surface area (Å²) in [4.78, 5) is 79.7. The Kier molecular flexibility index (Phi) is 14.7. The summed E-state index contributed by atoms with van der Waals surface area (Å²) >= 11 is 0. The smallest absolute Gasteiger partial charge is 0.308 e. The van der Waals surface area contributed by atoms with E-state index in [1.807, 2.05) is 0 Å². The molecule has 15 aliphatic rings. The maximum atomic E-state index is 13.9. The SMILES string of the molecule is C[C@@H]1CC[C@H]2[C@@H](C)C(CCOC(=O)CC(O)(CC(=O)OCCC3O[C@@H]4CC5(C)CC[C@H]6[C@H](C)CC[C@@H]([C@H]3C)[C@@]46OO5)CC(=O)OCCC3O[C@@H]4CC5(C)CC[C@H]6[C@H](C)CC[C@@H]([C@H]3C)[C@@]46OO5)O[C@@H]3CC4(C)CC[C@@H]1[C@]32OO4. The van der Waals surface area contributed by atoms with Crippen molar-refractivity contribution >= 4 is 17.9 Å². The number of esters is 3. The number of carbonyl (C=O) groups excluding carboxylic acids is 3. The van der Waals surface area contributed by atoms with E-state index in [4.69, 9.17) is 57.7 Å². The van der Waals surface area contributed by atoms with Crippen LogP contribution < -0.4 is 0 Å². The highest BCUT2D eigenvalue weighted by molar-refractivity contribution is 5.78. The quantitative estimate of drug-likeness (QED) is 0.0928. The average Bonchev–Trinajstić information content (AvgIpc) is 4.14. The van der Waals surface area contributed by atoms with Gasteiger partial charge in [0.15, 0.2) is 0 Å². The van der Waals surface area contributed by atoms with Crippen LogP contribution in [0, 0.1) is 71.0 Å². The number of hydrogen-bond acceptors (Lipinski definition) is 16. The van der Waals surface area contributed by atoms with E-state index in [-0.39, 0.29) is 92.0 Å². The van der Waals surface area contributed by atoms with Crippen LogP contribution in [-0.4, -0.2) is 119 Å². The highest BCUT2D eigenvalue weighted by Crippen LogP contribution is 2.65. The lowest BCUT2D eigenvalue weighted by atomic mass is 9.56. The van der Waals surface area contributed by atoms with Crippen LogP contribution in [0.15, 0.2) is 0 Å². The van der Waals surface area contributed by atoms with Crippen LogP contribution in [-0.2, 0) is 72.1 Å². The minimum atomic E-state index is -2.13. The van der Waals surface area contributed by atoms with Gasteiger partial charge < -0.3 is 33.5 Å². The maximum Gasteiger partial charge on any atom is 0.308 e. The Morgan fingerprint density at radius 1 is 0.429 bits per heavy atom. The molecule has 24 atom stereocenters. The van der Waals surface area contributed by atoms with E-state index in [0.717, 1.165) is 96.3 Å². The summed E-state index contributed by atoms with van der Waals surface area (Å²) in [5, 5.41) is 12.3. The van der Waals surface area contributed by atoms with Crippen molar-refractivity contribution in [2.75, 3.05) is 19.8 Å². The summed E-state index contributed by atoms with van der Waals surface area (Å²) in [7, 11) is 0. The highest BCUT2D eigenvalue weighted by Gasteiger charge is 2.71. The number of hydrogen-bond donors (Lipinski definition) is 1. The van der Waals surface area contributed by atoms with E-state index in [1.54, 1.807) is 0 Å². The molecule has 1 N–H and O–H groups in total. The molecule has 77 heavy (non-hydrogen) atoms. The number of rotatable bonds is 15. The summed E-state index contributed by atoms with van der Waals surface area (Å²) in [6.45, 7) is 20.2. The van der Waals surface area contributed by atoms with Crippen molar-refractivity contribution in [3.63, 3.8) is 0 Å². The largest absolute Gasteiger partial charge is 0.465 e. The van der Waals surface area contributed by atoms with Crippen LogP contribution in [0.25, 0.3) is 0 Å². The van der Waals surface area contributed by atoms with Gasteiger partial charge in [-0.05, 0) is 169 Å². The first-order valence-corrected chi connectivity index (χ1v) is 30.9. The standard InChI is InChI=1S/C61H94O16/c1-34-10-13-43-37(4)46(69-49-28-55(7)22-16-40(34)59(43,49)75-72-55)19-25-66-52(62)31-58(65,32-53(63)67-26-20-47-38(5)44-14-11-35(2)41-17-23-56(8)29-50(70-47)60(41,44)76-73-56)33-54(64)68-27-21-48-39(6)45-15-12-36(3)42-18-24-57(9)30-51(71-48)61(42,45)77-74-57/h34-51,65H,10-33H2,1-9H3/t34-,35-,36-,37-,38-,39-,40+,41+,42+,43+,44+,45+,46?,47?,48?,49-,50-,51-,55?,56?,57?,58?,59-,60-,61-/m1/s1. The Morgan fingerprint density at radius 3 is 1.00 bits per heavy atom. The summed E-state index contributed by atoms with van der Waals surface area (Å²) in [5.74, 6) is 1.55. The van der Waals surface area contributed by atoms with Crippen molar-refractivity contribution < 1.29 is 77.2 Å². The number of ether oxygens (including phenoxy) is 6. The van der Waals surface area contributed by atoms with Gasteiger partial charge in [-0.2, -0.15) is 0 Å². The van der Waals surface area contributed by atoms with Gasteiger partial charge in [-0.1, -0.05) is 41.5 Å². The first-order valence-electron chi connectivity index (χ1n) is 30.9. The van der Waals surface area contributed by atoms with Gasteiger partial charge in [0.05, 0.1) is 81.3 Å². The molecule has 6 bridgehead atoms.